The molecule has 3 N–H and O–H groups in total. The predicted molar refractivity (Wildman–Crippen MR) is 82.2 cm³/mol. The molecule has 3 aromatic rings. The van der Waals surface area contributed by atoms with E-state index in [1.54, 1.807) is 48.4 Å². The van der Waals surface area contributed by atoms with Gasteiger partial charge in [0.05, 0.1) is 12.4 Å². The van der Waals surface area contributed by atoms with Crippen LogP contribution in [0.25, 0.3) is 0 Å². The Morgan fingerprint density at radius 2 is 1.80 bits per heavy atom. The third-order valence-electron chi connectivity index (χ3n) is 2.93. The zero-order valence-electron chi connectivity index (χ0n) is 12.8. The minimum Gasteiger partial charge on any atom is -0.454 e. The highest BCUT2D eigenvalue weighted by Crippen LogP contribution is 2.28. The number of hydrogen-bond acceptors (Lipinski definition) is 7. The second kappa shape index (κ2) is 6.26. The molecular weight excluding hydrogens is 339 g/mol. The molecule has 0 saturated carbocycles. The van der Waals surface area contributed by atoms with E-state index in [0.29, 0.717) is 17.2 Å². The van der Waals surface area contributed by atoms with Gasteiger partial charge in [-0.1, -0.05) is 0 Å². The third-order valence-corrected chi connectivity index (χ3v) is 2.93. The summed E-state index contributed by atoms with van der Waals surface area (Å²) in [6.07, 6.45) is -1.47. The first kappa shape index (κ1) is 16.5. The van der Waals surface area contributed by atoms with E-state index < -0.39 is 17.9 Å². The van der Waals surface area contributed by atoms with Crippen molar-refractivity contribution in [1.82, 2.24) is 24.7 Å². The summed E-state index contributed by atoms with van der Waals surface area (Å²) in [5.41, 5.74) is 5.75. The minimum atomic E-state index is -4.71. The molecule has 2 aromatic heterocycles. The first-order chi connectivity index (χ1) is 11.8. The van der Waals surface area contributed by atoms with Crippen molar-refractivity contribution in [2.75, 3.05) is 11.1 Å². The average molecular weight is 351 g/mol. The largest absolute Gasteiger partial charge is 0.454 e. The van der Waals surface area contributed by atoms with Gasteiger partial charge in [-0.15, -0.1) is 0 Å². The summed E-state index contributed by atoms with van der Waals surface area (Å²) in [6.45, 7) is 0. The lowest BCUT2D eigenvalue weighted by Gasteiger charge is -2.09. The highest BCUT2D eigenvalue weighted by molar-refractivity contribution is 5.55. The quantitative estimate of drug-likeness (QED) is 0.745. The lowest BCUT2D eigenvalue weighted by Crippen LogP contribution is -2.15. The smallest absolute Gasteiger partial charge is 0.451 e. The fraction of sp³-hybridized carbons (Fsp3) is 0.143. The molecule has 1 aromatic carbocycles. The van der Waals surface area contributed by atoms with Gasteiger partial charge in [-0.2, -0.15) is 33.2 Å². The lowest BCUT2D eigenvalue weighted by molar-refractivity contribution is -0.144. The van der Waals surface area contributed by atoms with E-state index in [4.69, 9.17) is 10.5 Å². The zero-order valence-corrected chi connectivity index (χ0v) is 12.8. The first-order valence-electron chi connectivity index (χ1n) is 6.92. The second-order valence-electron chi connectivity index (χ2n) is 4.94. The normalized spacial score (nSPS) is 11.4. The van der Waals surface area contributed by atoms with Crippen LogP contribution in [0.3, 0.4) is 0 Å². The number of nitrogens with two attached hydrogens (primary N) is 1. The average Bonchev–Trinajstić information content (AvgIpc) is 2.93. The molecule has 8 nitrogen and oxygen atoms in total. The van der Waals surface area contributed by atoms with Crippen LogP contribution in [0.4, 0.5) is 30.8 Å². The summed E-state index contributed by atoms with van der Waals surface area (Å²) in [5, 5.41) is 6.61. The summed E-state index contributed by atoms with van der Waals surface area (Å²) in [4.78, 5) is 10.0. The summed E-state index contributed by atoms with van der Waals surface area (Å²) in [5.74, 6) is -1.10. The molecule has 0 spiro atoms. The van der Waals surface area contributed by atoms with Crippen LogP contribution in [0.15, 0.2) is 36.7 Å². The van der Waals surface area contributed by atoms with Gasteiger partial charge >= 0.3 is 6.18 Å². The van der Waals surface area contributed by atoms with Crippen molar-refractivity contribution in [2.24, 2.45) is 7.05 Å². The lowest BCUT2D eigenvalue weighted by atomic mass is 10.3. The summed E-state index contributed by atoms with van der Waals surface area (Å²) >= 11 is 0. The maximum Gasteiger partial charge on any atom is 0.451 e. The van der Waals surface area contributed by atoms with Gasteiger partial charge in [0.15, 0.2) is 5.75 Å². The number of anilines is 3. The molecule has 0 saturated heterocycles. The van der Waals surface area contributed by atoms with Gasteiger partial charge < -0.3 is 15.8 Å². The highest BCUT2D eigenvalue weighted by atomic mass is 19.4. The molecule has 3 rings (SSSR count). The second-order valence-corrected chi connectivity index (χ2v) is 4.94. The standard InChI is InChI=1S/C14H12F3N7O/c1-24-7-10(6-19-24)25-9-4-2-8(3-5-9)20-13-22-11(14(15,16)17)21-12(18)23-13/h2-7H,1H3,(H3,18,20,21,22,23). The Bertz CT molecular complexity index is 877. The van der Waals surface area contributed by atoms with Crippen molar-refractivity contribution in [3.63, 3.8) is 0 Å². The summed E-state index contributed by atoms with van der Waals surface area (Å²) in [7, 11) is 1.76. The van der Waals surface area contributed by atoms with Crippen molar-refractivity contribution >= 4 is 17.6 Å². The van der Waals surface area contributed by atoms with E-state index in [-0.39, 0.29) is 5.95 Å². The maximum atomic E-state index is 12.7. The zero-order chi connectivity index (χ0) is 18.0. The topological polar surface area (TPSA) is 104 Å². The Morgan fingerprint density at radius 1 is 1.08 bits per heavy atom. The van der Waals surface area contributed by atoms with Crippen LogP contribution in [0.1, 0.15) is 5.82 Å². The number of halogens is 3. The summed E-state index contributed by atoms with van der Waals surface area (Å²) in [6, 6.07) is 6.45. The van der Waals surface area contributed by atoms with Gasteiger partial charge in [0.25, 0.3) is 0 Å². The Kier molecular flexibility index (Phi) is 4.13. The fourth-order valence-corrected chi connectivity index (χ4v) is 1.90. The van der Waals surface area contributed by atoms with Crippen LogP contribution in [-0.2, 0) is 13.2 Å². The molecular formula is C14H12F3N7O. The van der Waals surface area contributed by atoms with Crippen LogP contribution >= 0.6 is 0 Å². The number of ether oxygens (including phenoxy) is 1. The first-order valence-corrected chi connectivity index (χ1v) is 6.92. The predicted octanol–water partition coefficient (Wildman–Crippen LogP) is 2.74. The van der Waals surface area contributed by atoms with E-state index >= 15 is 0 Å². The van der Waals surface area contributed by atoms with E-state index in [0.717, 1.165) is 0 Å². The number of nitrogens with one attached hydrogen (secondary N) is 1. The van der Waals surface area contributed by atoms with Gasteiger partial charge in [-0.05, 0) is 24.3 Å². The molecule has 0 fully saturated rings. The van der Waals surface area contributed by atoms with Gasteiger partial charge in [0.1, 0.15) is 5.75 Å². The molecule has 0 atom stereocenters. The van der Waals surface area contributed by atoms with Crippen molar-refractivity contribution < 1.29 is 17.9 Å². The molecule has 11 heteroatoms. The van der Waals surface area contributed by atoms with Gasteiger partial charge in [-0.25, -0.2) is 0 Å². The summed E-state index contributed by atoms with van der Waals surface area (Å²) < 4.78 is 45.2. The van der Waals surface area contributed by atoms with Crippen LogP contribution < -0.4 is 15.8 Å². The Balaban J connectivity index is 1.74. The van der Waals surface area contributed by atoms with Gasteiger partial charge in [-0.3, -0.25) is 4.68 Å². The Labute approximate surface area is 139 Å². The van der Waals surface area contributed by atoms with E-state index in [9.17, 15) is 13.2 Å². The number of alkyl halides is 3. The molecule has 0 aliphatic rings. The molecule has 0 amide bonds. The van der Waals surface area contributed by atoms with Crippen LogP contribution in [0.5, 0.6) is 11.5 Å². The number of nitrogen functional groups attached to an aromatic ring is 1. The Morgan fingerprint density at radius 3 is 2.40 bits per heavy atom. The third kappa shape index (κ3) is 4.13. The number of hydrogen-bond donors (Lipinski definition) is 2. The monoisotopic (exact) mass is 351 g/mol. The van der Waals surface area contributed by atoms with E-state index in [1.807, 2.05) is 0 Å². The number of nitrogens with zero attached hydrogens (tertiary/aromatic N) is 5. The maximum absolute atomic E-state index is 12.7. The number of aromatic nitrogens is 5. The minimum absolute atomic E-state index is 0.305. The number of aryl methyl sites for hydroxylation is 1. The van der Waals surface area contributed by atoms with Crippen molar-refractivity contribution in [3.05, 3.63) is 42.5 Å². The molecule has 0 aliphatic carbocycles. The van der Waals surface area contributed by atoms with Gasteiger partial charge in [0.2, 0.25) is 17.7 Å². The van der Waals surface area contributed by atoms with Crippen molar-refractivity contribution in [3.8, 4) is 11.5 Å². The van der Waals surface area contributed by atoms with Crippen LogP contribution in [0.2, 0.25) is 0 Å². The molecule has 25 heavy (non-hydrogen) atoms. The molecule has 0 bridgehead atoms. The molecule has 0 radical (unpaired) electrons. The molecule has 2 heterocycles. The number of rotatable bonds is 4. The number of benzene rings is 1. The molecule has 0 unspecified atom stereocenters. The Hall–Kier alpha value is -3.37. The van der Waals surface area contributed by atoms with Crippen LogP contribution in [-0.4, -0.2) is 24.7 Å². The molecule has 0 aliphatic heterocycles. The SMILES string of the molecule is Cn1cc(Oc2ccc(Nc3nc(N)nc(C(F)(F)F)n3)cc2)cn1. The highest BCUT2D eigenvalue weighted by Gasteiger charge is 2.35. The van der Waals surface area contributed by atoms with Crippen LogP contribution in [0, 0.1) is 0 Å². The van der Waals surface area contributed by atoms with E-state index in [2.05, 4.69) is 25.4 Å². The fourth-order valence-electron chi connectivity index (χ4n) is 1.90. The molecule has 130 valence electrons. The van der Waals surface area contributed by atoms with Crippen molar-refractivity contribution in [2.45, 2.75) is 6.18 Å². The van der Waals surface area contributed by atoms with Crippen molar-refractivity contribution in [1.29, 1.82) is 0 Å². The van der Waals surface area contributed by atoms with E-state index in [1.165, 1.54) is 0 Å². The van der Waals surface area contributed by atoms with Gasteiger partial charge in [0, 0.05) is 12.7 Å².